The molecule has 1 fully saturated rings. The average molecular weight is 262 g/mol. The van der Waals surface area contributed by atoms with E-state index in [2.05, 4.69) is 54.0 Å². The lowest BCUT2D eigenvalue weighted by Crippen LogP contribution is -2.43. The molecule has 3 nitrogen and oxygen atoms in total. The van der Waals surface area contributed by atoms with Gasteiger partial charge in [-0.1, -0.05) is 44.2 Å². The first-order valence-electron chi connectivity index (χ1n) is 7.44. The molecule has 2 rings (SSSR count). The summed E-state index contributed by atoms with van der Waals surface area (Å²) < 4.78 is 5.44. The third-order valence-electron chi connectivity index (χ3n) is 3.97. The van der Waals surface area contributed by atoms with Crippen molar-refractivity contribution >= 4 is 0 Å². The number of hydrogen-bond donors (Lipinski definition) is 0. The van der Waals surface area contributed by atoms with Gasteiger partial charge in [0, 0.05) is 25.7 Å². The minimum absolute atomic E-state index is 0.495. The molecule has 0 spiro atoms. The van der Waals surface area contributed by atoms with Gasteiger partial charge in [-0.3, -0.25) is 9.80 Å². The van der Waals surface area contributed by atoms with E-state index in [9.17, 15) is 0 Å². The van der Waals surface area contributed by atoms with Gasteiger partial charge in [0.2, 0.25) is 0 Å². The third-order valence-corrected chi connectivity index (χ3v) is 3.97. The van der Waals surface area contributed by atoms with Crippen molar-refractivity contribution < 1.29 is 4.74 Å². The summed E-state index contributed by atoms with van der Waals surface area (Å²) in [4.78, 5) is 5.07. The van der Waals surface area contributed by atoms with Gasteiger partial charge >= 0.3 is 0 Å². The highest BCUT2D eigenvalue weighted by molar-refractivity contribution is 5.19. The van der Waals surface area contributed by atoms with Crippen LogP contribution >= 0.6 is 0 Å². The minimum Gasteiger partial charge on any atom is -0.379 e. The first-order valence-corrected chi connectivity index (χ1v) is 7.44. The molecular weight excluding hydrogens is 236 g/mol. The molecule has 0 amide bonds. The number of ether oxygens (including phenoxy) is 1. The van der Waals surface area contributed by atoms with Crippen LogP contribution in [0.1, 0.15) is 25.5 Å². The zero-order chi connectivity index (χ0) is 13.5. The molecule has 0 saturated carbocycles. The smallest absolute Gasteiger partial charge is 0.0594 e. The second-order valence-electron chi connectivity index (χ2n) is 5.06. The molecule has 0 bridgehead atoms. The Bertz CT molecular complexity index is 345. The Balaban J connectivity index is 2.09. The van der Waals surface area contributed by atoms with E-state index in [1.807, 2.05) is 0 Å². The fourth-order valence-corrected chi connectivity index (χ4v) is 2.80. The van der Waals surface area contributed by atoms with Crippen molar-refractivity contribution in [3.63, 3.8) is 0 Å². The lowest BCUT2D eigenvalue weighted by Gasteiger charge is -2.36. The van der Waals surface area contributed by atoms with Crippen molar-refractivity contribution in [2.24, 2.45) is 0 Å². The molecular formula is C16H26N2O. The molecule has 1 saturated heterocycles. The second-order valence-corrected chi connectivity index (χ2v) is 5.06. The van der Waals surface area contributed by atoms with Gasteiger partial charge < -0.3 is 4.74 Å². The molecule has 0 aliphatic carbocycles. The summed E-state index contributed by atoms with van der Waals surface area (Å²) >= 11 is 0. The highest BCUT2D eigenvalue weighted by Gasteiger charge is 2.22. The molecule has 0 N–H and O–H groups in total. The predicted molar refractivity (Wildman–Crippen MR) is 79.4 cm³/mol. The third kappa shape index (κ3) is 4.03. The molecule has 1 aliphatic heterocycles. The normalized spacial score (nSPS) is 18.7. The fraction of sp³-hybridized carbons (Fsp3) is 0.625. The summed E-state index contributed by atoms with van der Waals surface area (Å²) in [6, 6.07) is 11.4. The maximum atomic E-state index is 5.44. The van der Waals surface area contributed by atoms with E-state index < -0.39 is 0 Å². The summed E-state index contributed by atoms with van der Waals surface area (Å²) in [6.45, 7) is 11.7. The average Bonchev–Trinajstić information content (AvgIpc) is 2.49. The molecule has 1 atom stereocenters. The molecule has 106 valence electrons. The highest BCUT2D eigenvalue weighted by Crippen LogP contribution is 2.22. The van der Waals surface area contributed by atoms with Crippen LogP contribution in [0.4, 0.5) is 0 Å². The van der Waals surface area contributed by atoms with E-state index in [-0.39, 0.29) is 0 Å². The van der Waals surface area contributed by atoms with Crippen LogP contribution in [-0.2, 0) is 4.74 Å². The van der Waals surface area contributed by atoms with E-state index in [0.29, 0.717) is 6.04 Å². The van der Waals surface area contributed by atoms with Crippen molar-refractivity contribution in [2.75, 3.05) is 45.9 Å². The van der Waals surface area contributed by atoms with Crippen molar-refractivity contribution in [1.29, 1.82) is 0 Å². The van der Waals surface area contributed by atoms with Crippen LogP contribution in [0.15, 0.2) is 30.3 Å². The molecule has 1 aromatic carbocycles. The van der Waals surface area contributed by atoms with Gasteiger partial charge in [-0.2, -0.15) is 0 Å². The van der Waals surface area contributed by atoms with E-state index in [1.54, 1.807) is 0 Å². The van der Waals surface area contributed by atoms with Crippen LogP contribution in [0.2, 0.25) is 0 Å². The standard InChI is InChI=1S/C16H26N2O/c1-3-18(4-2)16(15-8-6-5-7-9-15)14-17-10-12-19-13-11-17/h5-9,16H,3-4,10-14H2,1-2H3/t16-/m1/s1. The van der Waals surface area contributed by atoms with Gasteiger partial charge in [0.05, 0.1) is 13.2 Å². The van der Waals surface area contributed by atoms with Gasteiger partial charge in [-0.05, 0) is 18.7 Å². The Labute approximate surface area is 117 Å². The molecule has 1 aromatic rings. The number of rotatable bonds is 6. The molecule has 3 heteroatoms. The van der Waals surface area contributed by atoms with Gasteiger partial charge in [0.15, 0.2) is 0 Å². The van der Waals surface area contributed by atoms with Crippen LogP contribution in [0.3, 0.4) is 0 Å². The van der Waals surface area contributed by atoms with Crippen LogP contribution in [0.25, 0.3) is 0 Å². The largest absolute Gasteiger partial charge is 0.379 e. The van der Waals surface area contributed by atoms with Crippen LogP contribution in [0.5, 0.6) is 0 Å². The number of benzene rings is 1. The molecule has 19 heavy (non-hydrogen) atoms. The van der Waals surface area contributed by atoms with Gasteiger partial charge in [-0.15, -0.1) is 0 Å². The van der Waals surface area contributed by atoms with Crippen molar-refractivity contribution in [2.45, 2.75) is 19.9 Å². The van der Waals surface area contributed by atoms with E-state index in [4.69, 9.17) is 4.74 Å². The fourth-order valence-electron chi connectivity index (χ4n) is 2.80. The Morgan fingerprint density at radius 1 is 1.11 bits per heavy atom. The molecule has 0 aromatic heterocycles. The molecule has 1 aliphatic rings. The molecule has 1 heterocycles. The predicted octanol–water partition coefficient (Wildman–Crippen LogP) is 2.40. The maximum absolute atomic E-state index is 5.44. The first-order chi connectivity index (χ1) is 9.35. The summed E-state index contributed by atoms with van der Waals surface area (Å²) in [6.07, 6.45) is 0. The Hall–Kier alpha value is -0.900. The SMILES string of the molecule is CCN(CC)[C@H](CN1CCOCC1)c1ccccc1. The number of hydrogen-bond acceptors (Lipinski definition) is 3. The number of likely N-dealkylation sites (N-methyl/N-ethyl adjacent to an activating group) is 1. The Kier molecular flexibility index (Phi) is 5.83. The van der Waals surface area contributed by atoms with E-state index in [0.717, 1.165) is 45.9 Å². The van der Waals surface area contributed by atoms with Gasteiger partial charge in [0.1, 0.15) is 0 Å². The Morgan fingerprint density at radius 2 is 1.74 bits per heavy atom. The summed E-state index contributed by atoms with van der Waals surface area (Å²) in [5, 5.41) is 0. The number of nitrogens with zero attached hydrogens (tertiary/aromatic N) is 2. The van der Waals surface area contributed by atoms with Crippen LogP contribution in [-0.4, -0.2) is 55.7 Å². The summed E-state index contributed by atoms with van der Waals surface area (Å²) in [5.74, 6) is 0. The minimum atomic E-state index is 0.495. The lowest BCUT2D eigenvalue weighted by molar-refractivity contribution is 0.0231. The lowest BCUT2D eigenvalue weighted by atomic mass is 10.0. The van der Waals surface area contributed by atoms with E-state index in [1.165, 1.54) is 5.56 Å². The zero-order valence-corrected chi connectivity index (χ0v) is 12.2. The highest BCUT2D eigenvalue weighted by atomic mass is 16.5. The molecule has 0 unspecified atom stereocenters. The summed E-state index contributed by atoms with van der Waals surface area (Å²) in [7, 11) is 0. The van der Waals surface area contributed by atoms with Gasteiger partial charge in [0.25, 0.3) is 0 Å². The van der Waals surface area contributed by atoms with Gasteiger partial charge in [-0.25, -0.2) is 0 Å². The topological polar surface area (TPSA) is 15.7 Å². The van der Waals surface area contributed by atoms with Crippen molar-refractivity contribution in [3.8, 4) is 0 Å². The van der Waals surface area contributed by atoms with Crippen molar-refractivity contribution in [3.05, 3.63) is 35.9 Å². The van der Waals surface area contributed by atoms with Crippen LogP contribution < -0.4 is 0 Å². The first kappa shape index (κ1) is 14.5. The van der Waals surface area contributed by atoms with Crippen LogP contribution in [0, 0.1) is 0 Å². The monoisotopic (exact) mass is 262 g/mol. The maximum Gasteiger partial charge on any atom is 0.0594 e. The quantitative estimate of drug-likeness (QED) is 0.783. The van der Waals surface area contributed by atoms with Crippen molar-refractivity contribution in [1.82, 2.24) is 9.80 Å². The Morgan fingerprint density at radius 3 is 2.32 bits per heavy atom. The summed E-state index contributed by atoms with van der Waals surface area (Å²) in [5.41, 5.74) is 1.43. The molecule has 0 radical (unpaired) electrons. The zero-order valence-electron chi connectivity index (χ0n) is 12.2. The second kappa shape index (κ2) is 7.63. The van der Waals surface area contributed by atoms with E-state index >= 15 is 0 Å². The number of morpholine rings is 1.